The molecule has 0 saturated heterocycles. The number of nitrogens with zero attached hydrogens (tertiary/aromatic N) is 1. The molecule has 0 saturated carbocycles. The first-order chi connectivity index (χ1) is 10.2. The molecule has 0 radical (unpaired) electrons. The average Bonchev–Trinajstić information content (AvgIpc) is 2.95. The van der Waals surface area contributed by atoms with Gasteiger partial charge >= 0.3 is 6.09 Å². The number of nitrogens with two attached hydrogens (primary N) is 1. The van der Waals surface area contributed by atoms with Gasteiger partial charge in [-0.1, -0.05) is 24.3 Å². The molecule has 0 fully saturated rings. The highest BCUT2D eigenvalue weighted by atomic mass is 32.1. The SMILES string of the molecule is NC(=O)OCc1cnc(-c2ccc(CCCCO)cc2)s1. The van der Waals surface area contributed by atoms with E-state index in [0.29, 0.717) is 0 Å². The highest BCUT2D eigenvalue weighted by molar-refractivity contribution is 7.15. The number of carbonyl (C=O) groups is 1. The third-order valence-corrected chi connectivity index (χ3v) is 4.00. The van der Waals surface area contributed by atoms with E-state index in [1.807, 2.05) is 12.1 Å². The van der Waals surface area contributed by atoms with Crippen LogP contribution in [0.2, 0.25) is 0 Å². The standard InChI is InChI=1S/C15H18N2O3S/c16-15(19)20-10-13-9-17-14(21-13)12-6-4-11(5-7-12)3-1-2-8-18/h4-7,9,18H,1-3,8,10H2,(H2,16,19). The van der Waals surface area contributed by atoms with E-state index in [4.69, 9.17) is 15.6 Å². The summed E-state index contributed by atoms with van der Waals surface area (Å²) in [5.74, 6) is 0. The number of aliphatic hydroxyl groups is 1. The predicted molar refractivity (Wildman–Crippen MR) is 81.9 cm³/mol. The van der Waals surface area contributed by atoms with Crippen LogP contribution in [0.5, 0.6) is 0 Å². The molecule has 0 unspecified atom stereocenters. The molecule has 112 valence electrons. The lowest BCUT2D eigenvalue weighted by molar-refractivity contribution is 0.151. The lowest BCUT2D eigenvalue weighted by Crippen LogP contribution is -2.12. The molecule has 1 heterocycles. The zero-order valence-corrected chi connectivity index (χ0v) is 12.4. The Bertz CT molecular complexity index is 581. The molecule has 0 aliphatic rings. The minimum atomic E-state index is -0.780. The van der Waals surface area contributed by atoms with Gasteiger partial charge in [0.25, 0.3) is 0 Å². The maximum absolute atomic E-state index is 10.6. The van der Waals surface area contributed by atoms with Crippen molar-refractivity contribution in [2.75, 3.05) is 6.61 Å². The van der Waals surface area contributed by atoms with Crippen LogP contribution in [0, 0.1) is 0 Å². The first kappa shape index (κ1) is 15.5. The van der Waals surface area contributed by atoms with Gasteiger partial charge in [0.1, 0.15) is 11.6 Å². The highest BCUT2D eigenvalue weighted by Gasteiger charge is 2.06. The number of thiazole rings is 1. The van der Waals surface area contributed by atoms with Crippen molar-refractivity contribution in [2.45, 2.75) is 25.9 Å². The van der Waals surface area contributed by atoms with Crippen LogP contribution in [-0.2, 0) is 17.8 Å². The first-order valence-electron chi connectivity index (χ1n) is 6.76. The third kappa shape index (κ3) is 4.84. The van der Waals surface area contributed by atoms with Gasteiger partial charge in [-0.2, -0.15) is 0 Å². The minimum absolute atomic E-state index is 0.159. The van der Waals surface area contributed by atoms with Crippen molar-refractivity contribution >= 4 is 17.4 Å². The topological polar surface area (TPSA) is 85.4 Å². The minimum Gasteiger partial charge on any atom is -0.444 e. The molecule has 6 heteroatoms. The van der Waals surface area contributed by atoms with E-state index in [2.05, 4.69) is 17.1 Å². The number of aromatic nitrogens is 1. The Morgan fingerprint density at radius 2 is 2.05 bits per heavy atom. The number of benzene rings is 1. The molecule has 5 nitrogen and oxygen atoms in total. The number of primary amides is 1. The van der Waals surface area contributed by atoms with E-state index < -0.39 is 6.09 Å². The van der Waals surface area contributed by atoms with Gasteiger partial charge < -0.3 is 15.6 Å². The van der Waals surface area contributed by atoms with E-state index >= 15 is 0 Å². The maximum Gasteiger partial charge on any atom is 0.404 e. The second-order valence-corrected chi connectivity index (χ2v) is 5.73. The Kier molecular flexibility index (Phi) is 5.71. The van der Waals surface area contributed by atoms with E-state index in [0.717, 1.165) is 34.7 Å². The summed E-state index contributed by atoms with van der Waals surface area (Å²) < 4.78 is 4.74. The largest absolute Gasteiger partial charge is 0.444 e. The second kappa shape index (κ2) is 7.75. The summed E-state index contributed by atoms with van der Waals surface area (Å²) >= 11 is 1.48. The normalized spacial score (nSPS) is 10.5. The van der Waals surface area contributed by atoms with Crippen LogP contribution in [0.1, 0.15) is 23.3 Å². The molecule has 2 aromatic rings. The van der Waals surface area contributed by atoms with Crippen molar-refractivity contribution in [3.05, 3.63) is 40.9 Å². The Morgan fingerprint density at radius 1 is 1.29 bits per heavy atom. The van der Waals surface area contributed by atoms with Crippen LogP contribution in [0.4, 0.5) is 4.79 Å². The Morgan fingerprint density at radius 3 is 2.71 bits per heavy atom. The number of rotatable bonds is 7. The summed E-state index contributed by atoms with van der Waals surface area (Å²) in [4.78, 5) is 15.7. The van der Waals surface area contributed by atoms with Gasteiger partial charge in [-0.05, 0) is 24.8 Å². The molecular formula is C15H18N2O3S. The zero-order chi connectivity index (χ0) is 15.1. The first-order valence-corrected chi connectivity index (χ1v) is 7.58. The van der Waals surface area contributed by atoms with Crippen molar-refractivity contribution in [3.63, 3.8) is 0 Å². The molecular weight excluding hydrogens is 288 g/mol. The number of ether oxygens (including phenoxy) is 1. The third-order valence-electron chi connectivity index (χ3n) is 2.98. The number of aliphatic hydroxyl groups excluding tert-OH is 1. The number of hydrogen-bond donors (Lipinski definition) is 2. The summed E-state index contributed by atoms with van der Waals surface area (Å²) in [5.41, 5.74) is 7.22. The van der Waals surface area contributed by atoms with E-state index in [1.165, 1.54) is 16.9 Å². The summed E-state index contributed by atoms with van der Waals surface area (Å²) in [5, 5.41) is 9.66. The molecule has 0 bridgehead atoms. The van der Waals surface area contributed by atoms with Gasteiger partial charge in [0, 0.05) is 18.4 Å². The number of hydrogen-bond acceptors (Lipinski definition) is 5. The molecule has 3 N–H and O–H groups in total. The van der Waals surface area contributed by atoms with Gasteiger partial charge in [-0.15, -0.1) is 11.3 Å². The van der Waals surface area contributed by atoms with Crippen molar-refractivity contribution in [1.29, 1.82) is 0 Å². The fourth-order valence-corrected chi connectivity index (χ4v) is 2.74. The lowest BCUT2D eigenvalue weighted by atomic mass is 10.1. The summed E-state index contributed by atoms with van der Waals surface area (Å²) in [6, 6.07) is 8.22. The maximum atomic E-state index is 10.6. The molecule has 1 aromatic heterocycles. The molecule has 1 amide bonds. The number of amides is 1. The Hall–Kier alpha value is -1.92. The number of unbranched alkanes of at least 4 members (excludes halogenated alkanes) is 1. The highest BCUT2D eigenvalue weighted by Crippen LogP contribution is 2.26. The Labute approximate surface area is 127 Å². The predicted octanol–water partition coefficient (Wildman–Crippen LogP) is 2.72. The fourth-order valence-electron chi connectivity index (χ4n) is 1.90. The van der Waals surface area contributed by atoms with E-state index in [1.54, 1.807) is 6.20 Å². The van der Waals surface area contributed by atoms with Crippen molar-refractivity contribution in [1.82, 2.24) is 4.98 Å². The monoisotopic (exact) mass is 306 g/mol. The zero-order valence-electron chi connectivity index (χ0n) is 11.6. The molecule has 0 atom stereocenters. The molecule has 21 heavy (non-hydrogen) atoms. The van der Waals surface area contributed by atoms with Gasteiger partial charge in [-0.3, -0.25) is 0 Å². The van der Waals surface area contributed by atoms with Crippen molar-refractivity contribution in [3.8, 4) is 10.6 Å². The van der Waals surface area contributed by atoms with Gasteiger partial charge in [-0.25, -0.2) is 9.78 Å². The van der Waals surface area contributed by atoms with Crippen LogP contribution in [0.3, 0.4) is 0 Å². The van der Waals surface area contributed by atoms with Crippen LogP contribution < -0.4 is 5.73 Å². The number of carbonyl (C=O) groups excluding carboxylic acids is 1. The molecule has 2 rings (SSSR count). The molecule has 1 aromatic carbocycles. The van der Waals surface area contributed by atoms with Gasteiger partial charge in [0.2, 0.25) is 0 Å². The van der Waals surface area contributed by atoms with Crippen LogP contribution in [0.15, 0.2) is 30.5 Å². The van der Waals surface area contributed by atoms with Crippen LogP contribution in [-0.4, -0.2) is 22.8 Å². The van der Waals surface area contributed by atoms with Gasteiger partial charge in [0.05, 0.1) is 4.88 Å². The average molecular weight is 306 g/mol. The summed E-state index contributed by atoms with van der Waals surface area (Å²) in [6.07, 6.45) is 3.70. The molecule has 0 aliphatic carbocycles. The quantitative estimate of drug-likeness (QED) is 0.770. The lowest BCUT2D eigenvalue weighted by Gasteiger charge is -2.02. The van der Waals surface area contributed by atoms with Crippen molar-refractivity contribution < 1.29 is 14.6 Å². The molecule has 0 aliphatic heterocycles. The second-order valence-electron chi connectivity index (χ2n) is 4.62. The Balaban J connectivity index is 1.96. The fraction of sp³-hybridized carbons (Fsp3) is 0.333. The number of aryl methyl sites for hydroxylation is 1. The smallest absolute Gasteiger partial charge is 0.404 e. The van der Waals surface area contributed by atoms with Crippen molar-refractivity contribution in [2.24, 2.45) is 5.73 Å². The summed E-state index contributed by atoms with van der Waals surface area (Å²) in [7, 11) is 0. The molecule has 0 spiro atoms. The van der Waals surface area contributed by atoms with Crippen LogP contribution in [0.25, 0.3) is 10.6 Å². The van der Waals surface area contributed by atoms with E-state index in [-0.39, 0.29) is 13.2 Å². The van der Waals surface area contributed by atoms with Crippen LogP contribution >= 0.6 is 11.3 Å². The summed E-state index contributed by atoms with van der Waals surface area (Å²) in [6.45, 7) is 0.402. The van der Waals surface area contributed by atoms with Gasteiger partial charge in [0.15, 0.2) is 0 Å². The van der Waals surface area contributed by atoms with E-state index in [9.17, 15) is 4.79 Å².